The van der Waals surface area contributed by atoms with Gasteiger partial charge in [-0.05, 0) is 30.2 Å². The van der Waals surface area contributed by atoms with Crippen molar-refractivity contribution in [2.24, 2.45) is 0 Å². The number of rotatable bonds is 5. The zero-order chi connectivity index (χ0) is 12.8. The molecule has 90 valence electrons. The molecule has 17 heavy (non-hydrogen) atoms. The van der Waals surface area contributed by atoms with Crippen LogP contribution in [0.2, 0.25) is 0 Å². The van der Waals surface area contributed by atoms with E-state index in [0.29, 0.717) is 17.6 Å². The normalized spacial score (nSPS) is 11.2. The van der Waals surface area contributed by atoms with E-state index in [-0.39, 0.29) is 5.69 Å². The second kappa shape index (κ2) is 5.79. The highest BCUT2D eigenvalue weighted by Crippen LogP contribution is 2.16. The third kappa shape index (κ3) is 3.71. The highest BCUT2D eigenvalue weighted by Gasteiger charge is 2.07. The summed E-state index contributed by atoms with van der Waals surface area (Å²) in [4.78, 5) is 20.8. The lowest BCUT2D eigenvalue weighted by Crippen LogP contribution is -1.99. The van der Waals surface area contributed by atoms with Gasteiger partial charge < -0.3 is 5.11 Å². The van der Waals surface area contributed by atoms with Gasteiger partial charge in [0.05, 0.1) is 4.92 Å². The maximum Gasteiger partial charge on any atom is 0.331 e. The van der Waals surface area contributed by atoms with Crippen LogP contribution in [-0.2, 0) is 4.79 Å². The standard InChI is InChI=1S/C12H13NO4/c1-2-3-10(12(14)15)8-9-4-6-11(7-5-9)13(16)17/h4-8H,2-3H2,1H3,(H,14,15)/b10-8+. The molecule has 0 aliphatic rings. The molecule has 0 bridgehead atoms. The number of nitro groups is 1. The Bertz CT molecular complexity index is 448. The number of carboxylic acid groups (broad SMARTS) is 1. The maximum atomic E-state index is 10.9. The molecule has 0 fully saturated rings. The summed E-state index contributed by atoms with van der Waals surface area (Å²) in [5, 5.41) is 19.4. The minimum atomic E-state index is -0.954. The fourth-order valence-corrected chi connectivity index (χ4v) is 1.40. The van der Waals surface area contributed by atoms with Gasteiger partial charge in [-0.15, -0.1) is 0 Å². The second-order valence-electron chi connectivity index (χ2n) is 3.57. The van der Waals surface area contributed by atoms with Gasteiger partial charge in [0.2, 0.25) is 0 Å². The summed E-state index contributed by atoms with van der Waals surface area (Å²) in [6.07, 6.45) is 2.76. The lowest BCUT2D eigenvalue weighted by atomic mass is 10.1. The Morgan fingerprint density at radius 2 is 2.00 bits per heavy atom. The average molecular weight is 235 g/mol. The quantitative estimate of drug-likeness (QED) is 0.483. The molecule has 0 aliphatic heterocycles. The Labute approximate surface area is 98.5 Å². The lowest BCUT2D eigenvalue weighted by Gasteiger charge is -2.00. The molecule has 5 heteroatoms. The molecular weight excluding hydrogens is 222 g/mol. The van der Waals surface area contributed by atoms with Crippen LogP contribution in [0.4, 0.5) is 5.69 Å². The average Bonchev–Trinajstić information content (AvgIpc) is 2.29. The van der Waals surface area contributed by atoms with Crippen LogP contribution in [-0.4, -0.2) is 16.0 Å². The number of carbonyl (C=O) groups is 1. The van der Waals surface area contributed by atoms with Gasteiger partial charge in [0.25, 0.3) is 5.69 Å². The molecule has 0 spiro atoms. The minimum absolute atomic E-state index is 0.00508. The van der Waals surface area contributed by atoms with Gasteiger partial charge in [-0.2, -0.15) is 0 Å². The summed E-state index contributed by atoms with van der Waals surface area (Å²) in [5.74, 6) is -0.954. The first kappa shape index (κ1) is 12.9. The molecule has 5 nitrogen and oxygen atoms in total. The van der Waals surface area contributed by atoms with E-state index in [9.17, 15) is 14.9 Å². The molecule has 0 heterocycles. The van der Waals surface area contributed by atoms with Gasteiger partial charge in [-0.1, -0.05) is 13.3 Å². The molecule has 0 radical (unpaired) electrons. The first-order valence-corrected chi connectivity index (χ1v) is 5.23. The molecule has 0 unspecified atom stereocenters. The molecule has 0 amide bonds. The summed E-state index contributed by atoms with van der Waals surface area (Å²) in [6.45, 7) is 1.90. The lowest BCUT2D eigenvalue weighted by molar-refractivity contribution is -0.384. The molecule has 1 aromatic rings. The molecule has 0 saturated heterocycles. The van der Waals surface area contributed by atoms with Crippen LogP contribution in [0, 0.1) is 10.1 Å². The molecule has 0 aliphatic carbocycles. The largest absolute Gasteiger partial charge is 0.478 e. The second-order valence-corrected chi connectivity index (χ2v) is 3.57. The topological polar surface area (TPSA) is 80.4 Å². The number of carboxylic acids is 1. The molecule has 1 N–H and O–H groups in total. The van der Waals surface area contributed by atoms with Crippen molar-refractivity contribution in [1.29, 1.82) is 0 Å². The fraction of sp³-hybridized carbons (Fsp3) is 0.250. The van der Waals surface area contributed by atoms with E-state index in [1.807, 2.05) is 6.92 Å². The molecule has 0 atom stereocenters. The Morgan fingerprint density at radius 1 is 1.41 bits per heavy atom. The van der Waals surface area contributed by atoms with Crippen molar-refractivity contribution in [2.75, 3.05) is 0 Å². The molecule has 0 saturated carbocycles. The van der Waals surface area contributed by atoms with E-state index >= 15 is 0 Å². The van der Waals surface area contributed by atoms with Crippen molar-refractivity contribution < 1.29 is 14.8 Å². The van der Waals surface area contributed by atoms with Crippen molar-refractivity contribution in [1.82, 2.24) is 0 Å². The van der Waals surface area contributed by atoms with Crippen LogP contribution < -0.4 is 0 Å². The summed E-state index contributed by atoms with van der Waals surface area (Å²) in [7, 11) is 0. The summed E-state index contributed by atoms with van der Waals surface area (Å²) >= 11 is 0. The smallest absolute Gasteiger partial charge is 0.331 e. The van der Waals surface area contributed by atoms with E-state index < -0.39 is 10.9 Å². The van der Waals surface area contributed by atoms with Crippen LogP contribution in [0.1, 0.15) is 25.3 Å². The highest BCUT2D eigenvalue weighted by atomic mass is 16.6. The number of hydrogen-bond donors (Lipinski definition) is 1. The van der Waals surface area contributed by atoms with Gasteiger partial charge in [-0.3, -0.25) is 10.1 Å². The van der Waals surface area contributed by atoms with Crippen LogP contribution in [0.15, 0.2) is 29.8 Å². The van der Waals surface area contributed by atoms with Gasteiger partial charge in [-0.25, -0.2) is 4.79 Å². The van der Waals surface area contributed by atoms with Gasteiger partial charge in [0.15, 0.2) is 0 Å². The third-order valence-electron chi connectivity index (χ3n) is 2.24. The summed E-state index contributed by atoms with van der Waals surface area (Å²) in [5.41, 5.74) is 0.956. The molecular formula is C12H13NO4. The van der Waals surface area contributed by atoms with Gasteiger partial charge >= 0.3 is 5.97 Å². The van der Waals surface area contributed by atoms with E-state index in [1.54, 1.807) is 0 Å². The van der Waals surface area contributed by atoms with Crippen molar-refractivity contribution in [2.45, 2.75) is 19.8 Å². The van der Waals surface area contributed by atoms with Crippen LogP contribution in [0.25, 0.3) is 6.08 Å². The molecule has 1 rings (SSSR count). The number of aliphatic carboxylic acids is 1. The number of nitro benzene ring substituents is 1. The van der Waals surface area contributed by atoms with Crippen molar-refractivity contribution in [3.63, 3.8) is 0 Å². The van der Waals surface area contributed by atoms with Crippen LogP contribution in [0.5, 0.6) is 0 Å². The maximum absolute atomic E-state index is 10.9. The van der Waals surface area contributed by atoms with E-state index in [2.05, 4.69) is 0 Å². The Balaban J connectivity index is 2.96. The molecule has 0 aromatic heterocycles. The number of benzene rings is 1. The minimum Gasteiger partial charge on any atom is -0.478 e. The van der Waals surface area contributed by atoms with E-state index in [0.717, 1.165) is 6.42 Å². The predicted molar refractivity (Wildman–Crippen MR) is 63.6 cm³/mol. The van der Waals surface area contributed by atoms with Gasteiger partial charge in [0, 0.05) is 17.7 Å². The van der Waals surface area contributed by atoms with Crippen molar-refractivity contribution >= 4 is 17.7 Å². The number of hydrogen-bond acceptors (Lipinski definition) is 3. The van der Waals surface area contributed by atoms with E-state index in [1.165, 1.54) is 30.3 Å². The van der Waals surface area contributed by atoms with Crippen molar-refractivity contribution in [3.05, 3.63) is 45.5 Å². The predicted octanol–water partition coefficient (Wildman–Crippen LogP) is 2.86. The Kier molecular flexibility index (Phi) is 4.39. The third-order valence-corrected chi connectivity index (χ3v) is 2.24. The van der Waals surface area contributed by atoms with Gasteiger partial charge in [0.1, 0.15) is 0 Å². The number of nitrogens with zero attached hydrogens (tertiary/aromatic N) is 1. The fourth-order valence-electron chi connectivity index (χ4n) is 1.40. The van der Waals surface area contributed by atoms with Crippen LogP contribution in [0.3, 0.4) is 0 Å². The molecule has 1 aromatic carbocycles. The number of non-ortho nitro benzene ring substituents is 1. The Morgan fingerprint density at radius 3 is 2.41 bits per heavy atom. The summed E-state index contributed by atoms with van der Waals surface area (Å²) in [6, 6.07) is 5.79. The van der Waals surface area contributed by atoms with E-state index in [4.69, 9.17) is 5.11 Å². The SMILES string of the molecule is CCC/C(=C\c1ccc([N+](=O)[O-])cc1)C(=O)O. The summed E-state index contributed by atoms with van der Waals surface area (Å²) < 4.78 is 0. The first-order chi connectivity index (χ1) is 8.04. The van der Waals surface area contributed by atoms with Crippen molar-refractivity contribution in [3.8, 4) is 0 Å². The highest BCUT2D eigenvalue weighted by molar-refractivity contribution is 5.92. The Hall–Kier alpha value is -2.17. The zero-order valence-electron chi connectivity index (χ0n) is 9.42. The zero-order valence-corrected chi connectivity index (χ0v) is 9.42. The monoisotopic (exact) mass is 235 g/mol. The first-order valence-electron chi connectivity index (χ1n) is 5.23. The van der Waals surface area contributed by atoms with Crippen LogP contribution >= 0.6 is 0 Å².